The quantitative estimate of drug-likeness (QED) is 0.739. The number of rotatable bonds is 7. The topological polar surface area (TPSA) is 75.4 Å². The van der Waals surface area contributed by atoms with Gasteiger partial charge in [0.25, 0.3) is 0 Å². The van der Waals surface area contributed by atoms with Gasteiger partial charge in [0, 0.05) is 31.2 Å². The second-order valence-corrected chi connectivity index (χ2v) is 6.20. The van der Waals surface area contributed by atoms with E-state index in [9.17, 15) is 9.59 Å². The third-order valence-electron chi connectivity index (χ3n) is 4.61. The zero-order valence-electron chi connectivity index (χ0n) is 14.5. The standard InChI is InChI=1S/C18H27N3O2.ClH/c1-3-16(4-2)21-12-14(11-17(21)22)18(23)20-10-9-13-5-7-15(19)8-6-13;/h5-8,14,16H,3-4,9-12,19H2,1-2H3,(H,20,23);1H. The van der Waals surface area contributed by atoms with Crippen molar-refractivity contribution in [1.82, 2.24) is 10.2 Å². The number of nitrogen functional groups attached to an aromatic ring is 1. The summed E-state index contributed by atoms with van der Waals surface area (Å²) in [6.45, 7) is 5.31. The van der Waals surface area contributed by atoms with Gasteiger partial charge in [-0.2, -0.15) is 0 Å². The van der Waals surface area contributed by atoms with Crippen LogP contribution in [0.4, 0.5) is 5.69 Å². The van der Waals surface area contributed by atoms with E-state index in [4.69, 9.17) is 5.73 Å². The van der Waals surface area contributed by atoms with Gasteiger partial charge in [0.05, 0.1) is 5.92 Å². The van der Waals surface area contributed by atoms with Gasteiger partial charge in [-0.25, -0.2) is 0 Å². The van der Waals surface area contributed by atoms with Gasteiger partial charge in [0.2, 0.25) is 11.8 Å². The first-order chi connectivity index (χ1) is 11.0. The molecule has 2 rings (SSSR count). The molecule has 1 aromatic rings. The second kappa shape index (κ2) is 9.52. The Labute approximate surface area is 150 Å². The Morgan fingerprint density at radius 3 is 2.50 bits per heavy atom. The van der Waals surface area contributed by atoms with E-state index in [1.54, 1.807) is 0 Å². The maximum Gasteiger partial charge on any atom is 0.225 e. The molecule has 0 radical (unpaired) electrons. The molecule has 1 aromatic carbocycles. The number of nitrogens with two attached hydrogens (primary N) is 1. The fraction of sp³-hybridized carbons (Fsp3) is 0.556. The highest BCUT2D eigenvalue weighted by Crippen LogP contribution is 2.23. The van der Waals surface area contributed by atoms with Crippen LogP contribution in [0, 0.1) is 5.92 Å². The average Bonchev–Trinajstić information content (AvgIpc) is 2.93. The number of hydrogen-bond donors (Lipinski definition) is 2. The van der Waals surface area contributed by atoms with Gasteiger partial charge in [0.15, 0.2) is 0 Å². The van der Waals surface area contributed by atoms with Crippen molar-refractivity contribution < 1.29 is 9.59 Å². The second-order valence-electron chi connectivity index (χ2n) is 6.20. The molecule has 5 nitrogen and oxygen atoms in total. The number of carbonyl (C=O) groups is 2. The van der Waals surface area contributed by atoms with Crippen LogP contribution in [0.2, 0.25) is 0 Å². The van der Waals surface area contributed by atoms with Crippen molar-refractivity contribution in [1.29, 1.82) is 0 Å². The lowest BCUT2D eigenvalue weighted by atomic mass is 10.1. The lowest BCUT2D eigenvalue weighted by molar-refractivity contribution is -0.130. The first-order valence-electron chi connectivity index (χ1n) is 8.46. The fourth-order valence-corrected chi connectivity index (χ4v) is 3.15. The van der Waals surface area contributed by atoms with Crippen LogP contribution in [0.25, 0.3) is 0 Å². The van der Waals surface area contributed by atoms with Gasteiger partial charge >= 0.3 is 0 Å². The van der Waals surface area contributed by atoms with Gasteiger partial charge in [-0.05, 0) is 37.0 Å². The summed E-state index contributed by atoms with van der Waals surface area (Å²) in [6.07, 6.45) is 2.98. The van der Waals surface area contributed by atoms with Crippen LogP contribution in [0.1, 0.15) is 38.7 Å². The number of nitrogens with one attached hydrogen (secondary N) is 1. The van der Waals surface area contributed by atoms with Gasteiger partial charge in [-0.15, -0.1) is 12.4 Å². The Morgan fingerprint density at radius 1 is 1.29 bits per heavy atom. The first-order valence-corrected chi connectivity index (χ1v) is 8.46. The average molecular weight is 354 g/mol. The number of benzene rings is 1. The molecule has 134 valence electrons. The lowest BCUT2D eigenvalue weighted by Crippen LogP contribution is -2.38. The van der Waals surface area contributed by atoms with E-state index in [1.807, 2.05) is 29.2 Å². The van der Waals surface area contributed by atoms with Crippen molar-refractivity contribution in [3.63, 3.8) is 0 Å². The highest BCUT2D eigenvalue weighted by atomic mass is 35.5. The van der Waals surface area contributed by atoms with Gasteiger partial charge in [-0.1, -0.05) is 26.0 Å². The van der Waals surface area contributed by atoms with Crippen LogP contribution in [0.5, 0.6) is 0 Å². The molecule has 1 saturated heterocycles. The predicted molar refractivity (Wildman–Crippen MR) is 99.0 cm³/mol. The fourth-order valence-electron chi connectivity index (χ4n) is 3.15. The molecule has 0 spiro atoms. The number of halogens is 1. The zero-order chi connectivity index (χ0) is 16.8. The summed E-state index contributed by atoms with van der Waals surface area (Å²) >= 11 is 0. The Morgan fingerprint density at radius 2 is 1.92 bits per heavy atom. The van der Waals surface area contributed by atoms with Crippen LogP contribution in [-0.4, -0.2) is 35.8 Å². The Hall–Kier alpha value is -1.75. The molecule has 0 saturated carbocycles. The van der Waals surface area contributed by atoms with E-state index in [-0.39, 0.29) is 36.2 Å². The van der Waals surface area contributed by atoms with E-state index >= 15 is 0 Å². The van der Waals surface area contributed by atoms with E-state index in [1.165, 1.54) is 0 Å². The molecule has 6 heteroatoms. The minimum atomic E-state index is -0.213. The van der Waals surface area contributed by atoms with Crippen molar-refractivity contribution in [3.8, 4) is 0 Å². The molecule has 1 aliphatic heterocycles. The summed E-state index contributed by atoms with van der Waals surface area (Å²) in [4.78, 5) is 26.3. The summed E-state index contributed by atoms with van der Waals surface area (Å²) in [5, 5.41) is 2.95. The largest absolute Gasteiger partial charge is 0.399 e. The van der Waals surface area contributed by atoms with Crippen molar-refractivity contribution in [2.75, 3.05) is 18.8 Å². The van der Waals surface area contributed by atoms with Crippen LogP contribution in [0.15, 0.2) is 24.3 Å². The molecule has 1 atom stereocenters. The molecule has 1 unspecified atom stereocenters. The predicted octanol–water partition coefficient (Wildman–Crippen LogP) is 2.39. The third kappa shape index (κ3) is 5.13. The Balaban J connectivity index is 0.00000288. The van der Waals surface area contributed by atoms with Gasteiger partial charge < -0.3 is 16.0 Å². The summed E-state index contributed by atoms with van der Waals surface area (Å²) < 4.78 is 0. The molecule has 0 aliphatic carbocycles. The van der Waals surface area contributed by atoms with E-state index in [0.29, 0.717) is 19.5 Å². The molecule has 1 heterocycles. The van der Waals surface area contributed by atoms with E-state index in [0.717, 1.165) is 30.5 Å². The van der Waals surface area contributed by atoms with Crippen LogP contribution >= 0.6 is 12.4 Å². The maximum atomic E-state index is 12.3. The molecule has 0 aromatic heterocycles. The SMILES string of the molecule is CCC(CC)N1CC(C(=O)NCCc2ccc(N)cc2)CC1=O.Cl. The Kier molecular flexibility index (Phi) is 8.05. The van der Waals surface area contributed by atoms with Crippen molar-refractivity contribution >= 4 is 29.9 Å². The highest BCUT2D eigenvalue weighted by Gasteiger charge is 2.36. The van der Waals surface area contributed by atoms with Crippen LogP contribution in [-0.2, 0) is 16.0 Å². The number of amides is 2. The number of anilines is 1. The maximum absolute atomic E-state index is 12.3. The van der Waals surface area contributed by atoms with E-state index in [2.05, 4.69) is 19.2 Å². The molecule has 1 aliphatic rings. The number of nitrogens with zero attached hydrogens (tertiary/aromatic N) is 1. The zero-order valence-corrected chi connectivity index (χ0v) is 15.3. The molecule has 3 N–H and O–H groups in total. The summed E-state index contributed by atoms with van der Waals surface area (Å²) in [5.74, 6) is -0.117. The summed E-state index contributed by atoms with van der Waals surface area (Å²) in [5.41, 5.74) is 7.53. The van der Waals surface area contributed by atoms with Crippen molar-refractivity contribution in [3.05, 3.63) is 29.8 Å². The molecule has 0 bridgehead atoms. The summed E-state index contributed by atoms with van der Waals surface area (Å²) in [6, 6.07) is 7.92. The number of hydrogen-bond acceptors (Lipinski definition) is 3. The molecular formula is C18H28ClN3O2. The molecule has 2 amide bonds. The highest BCUT2D eigenvalue weighted by molar-refractivity contribution is 5.89. The minimum absolute atomic E-state index is 0. The Bertz CT molecular complexity index is 544. The lowest BCUT2D eigenvalue weighted by Gasteiger charge is -2.26. The first kappa shape index (κ1) is 20.3. The normalized spacial score (nSPS) is 17.0. The molecular weight excluding hydrogens is 326 g/mol. The number of likely N-dealkylation sites (tertiary alicyclic amines) is 1. The monoisotopic (exact) mass is 353 g/mol. The van der Waals surface area contributed by atoms with Crippen molar-refractivity contribution in [2.24, 2.45) is 5.92 Å². The molecule has 1 fully saturated rings. The van der Waals surface area contributed by atoms with Gasteiger partial charge in [0.1, 0.15) is 0 Å². The summed E-state index contributed by atoms with van der Waals surface area (Å²) in [7, 11) is 0. The minimum Gasteiger partial charge on any atom is -0.399 e. The van der Waals surface area contributed by atoms with Crippen molar-refractivity contribution in [2.45, 2.75) is 45.6 Å². The smallest absolute Gasteiger partial charge is 0.225 e. The van der Waals surface area contributed by atoms with E-state index < -0.39 is 0 Å². The number of carbonyl (C=O) groups excluding carboxylic acids is 2. The van der Waals surface area contributed by atoms with Crippen LogP contribution < -0.4 is 11.1 Å². The van der Waals surface area contributed by atoms with Crippen LogP contribution in [0.3, 0.4) is 0 Å². The molecule has 24 heavy (non-hydrogen) atoms. The van der Waals surface area contributed by atoms with Gasteiger partial charge in [-0.3, -0.25) is 9.59 Å². The third-order valence-corrected chi connectivity index (χ3v) is 4.61.